The number of nitrogens with one attached hydrogen (secondary N) is 1. The molecule has 0 aliphatic heterocycles. The molecule has 3 nitrogen and oxygen atoms in total. The van der Waals surface area contributed by atoms with Crippen LogP contribution in [0.4, 0.5) is 4.39 Å². The molecular formula is C15H24FNO2. The summed E-state index contributed by atoms with van der Waals surface area (Å²) in [4.78, 5) is 0. The molecule has 0 spiro atoms. The van der Waals surface area contributed by atoms with Gasteiger partial charge in [-0.15, -0.1) is 0 Å². The van der Waals surface area contributed by atoms with Crippen molar-refractivity contribution in [2.45, 2.75) is 38.3 Å². The predicted octanol–water partition coefficient (Wildman–Crippen LogP) is 2.65. The maximum atomic E-state index is 12.9. The number of hydrogen-bond acceptors (Lipinski definition) is 3. The number of hydrogen-bond donors (Lipinski definition) is 2. The van der Waals surface area contributed by atoms with E-state index in [0.29, 0.717) is 19.6 Å². The molecule has 0 aliphatic carbocycles. The highest BCUT2D eigenvalue weighted by Crippen LogP contribution is 2.18. The van der Waals surface area contributed by atoms with Crippen molar-refractivity contribution in [1.29, 1.82) is 0 Å². The summed E-state index contributed by atoms with van der Waals surface area (Å²) in [7, 11) is 1.62. The maximum absolute atomic E-state index is 12.9. The van der Waals surface area contributed by atoms with Gasteiger partial charge in [0.15, 0.2) is 0 Å². The van der Waals surface area contributed by atoms with E-state index in [0.717, 1.165) is 12.0 Å². The molecule has 0 radical (unpaired) electrons. The molecule has 0 saturated heterocycles. The molecule has 0 aromatic heterocycles. The lowest BCUT2D eigenvalue weighted by atomic mass is 10.00. The molecule has 0 saturated carbocycles. The molecule has 0 fully saturated rings. The topological polar surface area (TPSA) is 41.5 Å². The number of aliphatic hydroxyl groups is 1. The zero-order valence-corrected chi connectivity index (χ0v) is 11.9. The molecule has 2 N–H and O–H groups in total. The van der Waals surface area contributed by atoms with E-state index in [1.807, 2.05) is 0 Å². The Bertz CT molecular complexity index is 365. The highest BCUT2D eigenvalue weighted by atomic mass is 19.1. The van der Waals surface area contributed by atoms with E-state index in [9.17, 15) is 9.50 Å². The quantitative estimate of drug-likeness (QED) is 0.762. The maximum Gasteiger partial charge on any atom is 0.123 e. The largest absolute Gasteiger partial charge is 0.389 e. The highest BCUT2D eigenvalue weighted by Gasteiger charge is 2.21. The molecule has 2 atom stereocenters. The van der Waals surface area contributed by atoms with Crippen molar-refractivity contribution >= 4 is 0 Å². The summed E-state index contributed by atoms with van der Waals surface area (Å²) in [6.07, 6.45) is 1.46. The number of methoxy groups -OCH3 is 1. The van der Waals surface area contributed by atoms with Gasteiger partial charge < -0.3 is 15.2 Å². The summed E-state index contributed by atoms with van der Waals surface area (Å²) < 4.78 is 17.9. The minimum Gasteiger partial charge on any atom is -0.389 e. The van der Waals surface area contributed by atoms with E-state index in [1.165, 1.54) is 12.1 Å². The zero-order valence-electron chi connectivity index (χ0n) is 11.9. The fraction of sp³-hybridized carbons (Fsp3) is 0.600. The Hall–Kier alpha value is -0.970. The first kappa shape index (κ1) is 16.1. The summed E-state index contributed by atoms with van der Waals surface area (Å²) in [5.41, 5.74) is 0.232. The number of halogens is 1. The third-order valence-corrected chi connectivity index (χ3v) is 3.25. The van der Waals surface area contributed by atoms with E-state index in [4.69, 9.17) is 4.74 Å². The Labute approximate surface area is 114 Å². The molecule has 0 heterocycles. The van der Waals surface area contributed by atoms with Crippen molar-refractivity contribution in [2.24, 2.45) is 0 Å². The molecule has 0 amide bonds. The summed E-state index contributed by atoms with van der Waals surface area (Å²) in [5.74, 6) is -0.231. The van der Waals surface area contributed by atoms with E-state index in [-0.39, 0.29) is 11.9 Å². The second-order valence-electron chi connectivity index (χ2n) is 5.13. The van der Waals surface area contributed by atoms with Gasteiger partial charge in [0.05, 0.1) is 5.60 Å². The first-order chi connectivity index (χ1) is 8.98. The Morgan fingerprint density at radius 3 is 2.53 bits per heavy atom. The van der Waals surface area contributed by atoms with Crippen LogP contribution in [0, 0.1) is 5.82 Å². The van der Waals surface area contributed by atoms with Crippen LogP contribution >= 0.6 is 0 Å². The first-order valence-electron chi connectivity index (χ1n) is 6.68. The third-order valence-electron chi connectivity index (χ3n) is 3.25. The van der Waals surface area contributed by atoms with Gasteiger partial charge in [0.2, 0.25) is 0 Å². The smallest absolute Gasteiger partial charge is 0.123 e. The van der Waals surface area contributed by atoms with Crippen LogP contribution in [-0.2, 0) is 4.74 Å². The predicted molar refractivity (Wildman–Crippen MR) is 74.6 cm³/mol. The van der Waals surface area contributed by atoms with Gasteiger partial charge in [-0.2, -0.15) is 0 Å². The highest BCUT2D eigenvalue weighted by molar-refractivity contribution is 5.19. The second kappa shape index (κ2) is 7.58. The molecule has 108 valence electrons. The van der Waals surface area contributed by atoms with Crippen molar-refractivity contribution < 1.29 is 14.2 Å². The number of benzene rings is 1. The average Bonchev–Trinajstić information content (AvgIpc) is 2.39. The molecule has 19 heavy (non-hydrogen) atoms. The lowest BCUT2D eigenvalue weighted by Crippen LogP contribution is -2.40. The second-order valence-corrected chi connectivity index (χ2v) is 5.13. The third kappa shape index (κ3) is 5.68. The molecular weight excluding hydrogens is 245 g/mol. The molecule has 1 rings (SSSR count). The lowest BCUT2D eigenvalue weighted by molar-refractivity contribution is 0.0226. The Morgan fingerprint density at radius 2 is 2.00 bits per heavy atom. The van der Waals surface area contributed by atoms with Crippen LogP contribution in [-0.4, -0.2) is 31.0 Å². The van der Waals surface area contributed by atoms with Crippen LogP contribution in [0.1, 0.15) is 38.3 Å². The SMILES string of the molecule is CCC(NCC(C)(O)CCOC)c1ccc(F)cc1. The van der Waals surface area contributed by atoms with Gasteiger partial charge in [0.25, 0.3) is 0 Å². The van der Waals surface area contributed by atoms with Crippen LogP contribution in [0.5, 0.6) is 0 Å². The van der Waals surface area contributed by atoms with E-state index in [1.54, 1.807) is 26.2 Å². The van der Waals surface area contributed by atoms with Crippen LogP contribution < -0.4 is 5.32 Å². The van der Waals surface area contributed by atoms with Crippen molar-refractivity contribution in [2.75, 3.05) is 20.3 Å². The standard InChI is InChI=1S/C15H24FNO2/c1-4-14(12-5-7-13(16)8-6-12)17-11-15(2,18)9-10-19-3/h5-8,14,17-18H,4,9-11H2,1-3H3. The molecule has 0 bridgehead atoms. The Morgan fingerprint density at radius 1 is 1.37 bits per heavy atom. The van der Waals surface area contributed by atoms with Gasteiger partial charge in [0.1, 0.15) is 5.82 Å². The van der Waals surface area contributed by atoms with Crippen molar-refractivity contribution in [3.8, 4) is 0 Å². The summed E-state index contributed by atoms with van der Waals surface area (Å²) in [6.45, 7) is 4.86. The Balaban J connectivity index is 2.55. The average molecular weight is 269 g/mol. The van der Waals surface area contributed by atoms with Crippen LogP contribution in [0.15, 0.2) is 24.3 Å². The minimum absolute atomic E-state index is 0.120. The van der Waals surface area contributed by atoms with Crippen LogP contribution in [0.25, 0.3) is 0 Å². The van der Waals surface area contributed by atoms with Gasteiger partial charge in [-0.1, -0.05) is 19.1 Å². The fourth-order valence-electron chi connectivity index (χ4n) is 1.95. The van der Waals surface area contributed by atoms with E-state index >= 15 is 0 Å². The summed E-state index contributed by atoms with van der Waals surface area (Å²) in [6, 6.07) is 6.60. The molecule has 2 unspecified atom stereocenters. The molecule has 1 aromatic carbocycles. The van der Waals surface area contributed by atoms with E-state index < -0.39 is 5.60 Å². The van der Waals surface area contributed by atoms with Crippen molar-refractivity contribution in [3.05, 3.63) is 35.6 Å². The van der Waals surface area contributed by atoms with Gasteiger partial charge >= 0.3 is 0 Å². The minimum atomic E-state index is -0.802. The zero-order chi connectivity index (χ0) is 14.3. The Kier molecular flexibility index (Phi) is 6.42. The van der Waals surface area contributed by atoms with Gasteiger partial charge in [0, 0.05) is 32.7 Å². The number of ether oxygens (including phenoxy) is 1. The van der Waals surface area contributed by atoms with Gasteiger partial charge in [-0.25, -0.2) is 4.39 Å². The number of rotatable bonds is 8. The normalized spacial score (nSPS) is 16.1. The summed E-state index contributed by atoms with van der Waals surface area (Å²) >= 11 is 0. The van der Waals surface area contributed by atoms with Crippen molar-refractivity contribution in [3.63, 3.8) is 0 Å². The lowest BCUT2D eigenvalue weighted by Gasteiger charge is -2.27. The first-order valence-corrected chi connectivity index (χ1v) is 6.68. The molecule has 4 heteroatoms. The van der Waals surface area contributed by atoms with Crippen molar-refractivity contribution in [1.82, 2.24) is 5.32 Å². The molecule has 1 aromatic rings. The fourth-order valence-corrected chi connectivity index (χ4v) is 1.95. The monoisotopic (exact) mass is 269 g/mol. The van der Waals surface area contributed by atoms with E-state index in [2.05, 4.69) is 12.2 Å². The van der Waals surface area contributed by atoms with Crippen LogP contribution in [0.2, 0.25) is 0 Å². The summed E-state index contributed by atoms with van der Waals surface area (Å²) in [5, 5.41) is 13.5. The van der Waals surface area contributed by atoms with Gasteiger partial charge in [-0.05, 0) is 31.0 Å². The molecule has 0 aliphatic rings. The van der Waals surface area contributed by atoms with Gasteiger partial charge in [-0.3, -0.25) is 0 Å². The van der Waals surface area contributed by atoms with Crippen LogP contribution in [0.3, 0.4) is 0 Å².